The molecule has 0 bridgehead atoms. The van der Waals surface area contributed by atoms with E-state index in [0.29, 0.717) is 39.1 Å². The van der Waals surface area contributed by atoms with Gasteiger partial charge in [-0.3, -0.25) is 9.10 Å². The van der Waals surface area contributed by atoms with Crippen molar-refractivity contribution in [1.29, 1.82) is 0 Å². The molecule has 2 aromatic carbocycles. The van der Waals surface area contributed by atoms with Crippen molar-refractivity contribution in [3.8, 4) is 11.1 Å². The Morgan fingerprint density at radius 3 is 2.58 bits per heavy atom. The highest BCUT2D eigenvalue weighted by atomic mass is 32.2. The normalized spacial score (nSPS) is 13.2. The molecule has 0 atom stereocenters. The van der Waals surface area contributed by atoms with Crippen molar-refractivity contribution in [3.05, 3.63) is 52.3 Å². The van der Waals surface area contributed by atoms with E-state index in [9.17, 15) is 17.6 Å². The number of methoxy groups -OCH3 is 1. The van der Waals surface area contributed by atoms with Gasteiger partial charge >= 0.3 is 5.97 Å². The molecule has 0 aliphatic carbocycles. The lowest BCUT2D eigenvalue weighted by Gasteiger charge is -2.34. The number of carbonyl (C=O) groups is 1. The van der Waals surface area contributed by atoms with Crippen LogP contribution in [0, 0.1) is 19.7 Å². The number of halogens is 1. The molecule has 0 fully saturated rings. The van der Waals surface area contributed by atoms with Crippen molar-refractivity contribution in [2.75, 3.05) is 17.7 Å². The van der Waals surface area contributed by atoms with Crippen molar-refractivity contribution in [2.24, 2.45) is 0 Å². The fourth-order valence-electron chi connectivity index (χ4n) is 3.50. The minimum Gasteiger partial charge on any atom is -0.469 e. The first-order valence-corrected chi connectivity index (χ1v) is 9.95. The summed E-state index contributed by atoms with van der Waals surface area (Å²) in [7, 11) is -2.29. The number of rotatable bonds is 3. The molecule has 0 unspecified atom stereocenters. The van der Waals surface area contributed by atoms with E-state index in [1.165, 1.54) is 17.5 Å². The van der Waals surface area contributed by atoms with E-state index in [1.807, 2.05) is 0 Å². The number of aryl methyl sites for hydroxylation is 1. The SMILES string of the molecule is COC(=O)Cc1cc(C)c2c(c1C)N(S(C)(=O)=O)Cc1cccc(F)c1-2. The van der Waals surface area contributed by atoms with Crippen LogP contribution in [-0.2, 0) is 32.5 Å². The van der Waals surface area contributed by atoms with Crippen molar-refractivity contribution >= 4 is 21.7 Å². The number of hydrogen-bond donors (Lipinski definition) is 0. The van der Waals surface area contributed by atoms with Gasteiger partial charge in [0.15, 0.2) is 0 Å². The summed E-state index contributed by atoms with van der Waals surface area (Å²) >= 11 is 0. The maximum atomic E-state index is 14.6. The van der Waals surface area contributed by atoms with Gasteiger partial charge in [-0.1, -0.05) is 18.2 Å². The molecule has 0 saturated heterocycles. The summed E-state index contributed by atoms with van der Waals surface area (Å²) in [5.41, 5.74) is 4.05. The topological polar surface area (TPSA) is 63.7 Å². The molecule has 138 valence electrons. The smallest absolute Gasteiger partial charge is 0.309 e. The number of ether oxygens (including phenoxy) is 1. The third-order valence-electron chi connectivity index (χ3n) is 4.73. The number of hydrogen-bond acceptors (Lipinski definition) is 4. The molecule has 2 aromatic rings. The summed E-state index contributed by atoms with van der Waals surface area (Å²) < 4.78 is 45.5. The number of benzene rings is 2. The first kappa shape index (κ1) is 18.4. The van der Waals surface area contributed by atoms with E-state index >= 15 is 0 Å². The third kappa shape index (κ3) is 2.96. The van der Waals surface area contributed by atoms with Gasteiger partial charge < -0.3 is 4.74 Å². The second kappa shape index (κ2) is 6.39. The molecule has 1 aliphatic heterocycles. The van der Waals surface area contributed by atoms with E-state index in [4.69, 9.17) is 4.74 Å². The lowest BCUT2D eigenvalue weighted by molar-refractivity contribution is -0.139. The van der Waals surface area contributed by atoms with E-state index in [-0.39, 0.29) is 18.8 Å². The zero-order chi connectivity index (χ0) is 19.2. The van der Waals surface area contributed by atoms with Crippen LogP contribution in [0.3, 0.4) is 0 Å². The molecule has 0 saturated carbocycles. The third-order valence-corrected chi connectivity index (χ3v) is 5.85. The van der Waals surface area contributed by atoms with Crippen LogP contribution < -0.4 is 4.31 Å². The Kier molecular flexibility index (Phi) is 4.52. The number of fused-ring (bicyclic) bond motifs is 3. The zero-order valence-corrected chi connectivity index (χ0v) is 15.9. The Bertz CT molecular complexity index is 1010. The largest absolute Gasteiger partial charge is 0.469 e. The first-order chi connectivity index (χ1) is 12.1. The van der Waals surface area contributed by atoms with Crippen molar-refractivity contribution in [1.82, 2.24) is 0 Å². The highest BCUT2D eigenvalue weighted by molar-refractivity contribution is 7.92. The van der Waals surface area contributed by atoms with E-state index < -0.39 is 16.0 Å². The van der Waals surface area contributed by atoms with Crippen LogP contribution in [0.4, 0.5) is 10.1 Å². The van der Waals surface area contributed by atoms with Crippen LogP contribution in [-0.4, -0.2) is 27.8 Å². The minimum absolute atomic E-state index is 0.0260. The van der Waals surface area contributed by atoms with Crippen LogP contribution in [0.2, 0.25) is 0 Å². The molecule has 7 heteroatoms. The Hall–Kier alpha value is -2.41. The van der Waals surface area contributed by atoms with Crippen LogP contribution in [0.25, 0.3) is 11.1 Å². The Morgan fingerprint density at radius 2 is 1.96 bits per heavy atom. The van der Waals surface area contributed by atoms with Crippen molar-refractivity contribution < 1.29 is 22.3 Å². The summed E-state index contributed by atoms with van der Waals surface area (Å²) in [6, 6.07) is 6.48. The molecule has 0 amide bonds. The summed E-state index contributed by atoms with van der Waals surface area (Å²) in [5, 5.41) is 0. The zero-order valence-electron chi connectivity index (χ0n) is 15.1. The minimum atomic E-state index is -3.59. The number of anilines is 1. The van der Waals surface area contributed by atoms with Gasteiger partial charge in [0, 0.05) is 11.1 Å². The average Bonchev–Trinajstić information content (AvgIpc) is 2.57. The van der Waals surface area contributed by atoms with E-state index in [0.717, 1.165) is 6.26 Å². The number of carbonyl (C=O) groups excluding carboxylic acids is 1. The quantitative estimate of drug-likeness (QED) is 0.771. The standard InChI is InChI=1S/C19H20FNO4S/c1-11-8-14(9-16(22)25-3)12(2)19-17(11)18-13(6-5-7-15(18)20)10-21(19)26(4,23)24/h5-8H,9-10H2,1-4H3. The van der Waals surface area contributed by atoms with Gasteiger partial charge in [0.25, 0.3) is 0 Å². The highest BCUT2D eigenvalue weighted by Crippen LogP contribution is 2.46. The van der Waals surface area contributed by atoms with E-state index in [1.54, 1.807) is 32.0 Å². The van der Waals surface area contributed by atoms with Crippen LogP contribution in [0.1, 0.15) is 22.3 Å². The molecule has 0 spiro atoms. The Labute approximate surface area is 152 Å². The second-order valence-corrected chi connectivity index (χ2v) is 8.40. The average molecular weight is 377 g/mol. The molecule has 0 aromatic heterocycles. The molecule has 5 nitrogen and oxygen atoms in total. The molecule has 1 aliphatic rings. The van der Waals surface area contributed by atoms with Gasteiger partial charge in [-0.15, -0.1) is 0 Å². The number of esters is 1. The highest BCUT2D eigenvalue weighted by Gasteiger charge is 2.33. The number of nitrogens with zero attached hydrogens (tertiary/aromatic N) is 1. The van der Waals surface area contributed by atoms with Gasteiger partial charge in [-0.2, -0.15) is 0 Å². The Balaban J connectivity index is 2.36. The first-order valence-electron chi connectivity index (χ1n) is 8.10. The van der Waals surface area contributed by atoms with Gasteiger partial charge in [0.05, 0.1) is 32.0 Å². The summed E-state index contributed by atoms with van der Waals surface area (Å²) in [6.45, 7) is 3.60. The van der Waals surface area contributed by atoms with Crippen LogP contribution in [0.15, 0.2) is 24.3 Å². The maximum Gasteiger partial charge on any atom is 0.309 e. The summed E-state index contributed by atoms with van der Waals surface area (Å²) in [4.78, 5) is 11.7. The summed E-state index contributed by atoms with van der Waals surface area (Å²) in [6.07, 6.45) is 1.15. The van der Waals surface area contributed by atoms with Gasteiger partial charge in [-0.25, -0.2) is 12.8 Å². The monoisotopic (exact) mass is 377 g/mol. The molecule has 1 heterocycles. The van der Waals surface area contributed by atoms with Gasteiger partial charge in [0.2, 0.25) is 10.0 Å². The van der Waals surface area contributed by atoms with Gasteiger partial charge in [0.1, 0.15) is 5.82 Å². The van der Waals surface area contributed by atoms with Crippen LogP contribution in [0.5, 0.6) is 0 Å². The maximum absolute atomic E-state index is 14.6. The molecule has 3 rings (SSSR count). The predicted molar refractivity (Wildman–Crippen MR) is 98.1 cm³/mol. The Morgan fingerprint density at radius 1 is 1.27 bits per heavy atom. The lowest BCUT2D eigenvalue weighted by atomic mass is 9.86. The van der Waals surface area contributed by atoms with Crippen LogP contribution >= 0.6 is 0 Å². The molecular formula is C19H20FNO4S. The van der Waals surface area contributed by atoms with Crippen molar-refractivity contribution in [3.63, 3.8) is 0 Å². The number of sulfonamides is 1. The molecule has 0 N–H and O–H groups in total. The fraction of sp³-hybridized carbons (Fsp3) is 0.316. The second-order valence-electron chi connectivity index (χ2n) is 6.50. The fourth-order valence-corrected chi connectivity index (χ4v) is 4.44. The predicted octanol–water partition coefficient (Wildman–Crippen LogP) is 3.10. The molecule has 26 heavy (non-hydrogen) atoms. The molecule has 0 radical (unpaired) electrons. The summed E-state index contributed by atoms with van der Waals surface area (Å²) in [5.74, 6) is -0.805. The lowest BCUT2D eigenvalue weighted by Crippen LogP contribution is -2.33. The van der Waals surface area contributed by atoms with E-state index in [2.05, 4.69) is 0 Å². The molecular weight excluding hydrogens is 357 g/mol. The van der Waals surface area contributed by atoms with Gasteiger partial charge in [-0.05, 0) is 42.2 Å². The van der Waals surface area contributed by atoms with Crippen molar-refractivity contribution in [2.45, 2.75) is 26.8 Å².